The molecule has 0 aliphatic carbocycles. The van der Waals surface area contributed by atoms with E-state index in [1.165, 1.54) is 10.6 Å². The minimum Gasteiger partial charge on any atom is -0.497 e. The topological polar surface area (TPSA) is 96.0 Å². The van der Waals surface area contributed by atoms with Crippen molar-refractivity contribution in [2.24, 2.45) is 0 Å². The minimum atomic E-state index is -3.59. The summed E-state index contributed by atoms with van der Waals surface area (Å²) in [6, 6.07) is 21.8. The highest BCUT2D eigenvalue weighted by Crippen LogP contribution is 2.26. The number of carbonyl (C=O) groups is 2. The molecule has 8 nitrogen and oxygen atoms in total. The third-order valence-corrected chi connectivity index (χ3v) is 8.94. The monoisotopic (exact) mass is 607 g/mol. The summed E-state index contributed by atoms with van der Waals surface area (Å²) in [5, 5.41) is 3.08. The first-order valence-electron chi connectivity index (χ1n) is 14.7. The summed E-state index contributed by atoms with van der Waals surface area (Å²) in [4.78, 5) is 29.4. The Hall–Kier alpha value is -3.85. The number of nitrogens with one attached hydrogen (secondary N) is 1. The Morgan fingerprint density at radius 3 is 2.28 bits per heavy atom. The van der Waals surface area contributed by atoms with Gasteiger partial charge in [-0.15, -0.1) is 0 Å². The van der Waals surface area contributed by atoms with E-state index in [1.807, 2.05) is 94.4 Å². The lowest BCUT2D eigenvalue weighted by Crippen LogP contribution is -2.52. The number of anilines is 1. The molecule has 1 N–H and O–H groups in total. The molecule has 0 radical (unpaired) electrons. The molecule has 0 heterocycles. The molecule has 0 unspecified atom stereocenters. The number of aryl methyl sites for hydroxylation is 1. The van der Waals surface area contributed by atoms with E-state index in [9.17, 15) is 18.0 Å². The van der Waals surface area contributed by atoms with Crippen molar-refractivity contribution in [1.29, 1.82) is 0 Å². The number of carbonyl (C=O) groups excluding carboxylic acids is 2. The molecule has 0 aliphatic heterocycles. The highest BCUT2D eigenvalue weighted by atomic mass is 32.2. The molecular formula is C34H45N3O5S. The van der Waals surface area contributed by atoms with E-state index in [1.54, 1.807) is 18.1 Å². The first-order valence-corrected chi connectivity index (χ1v) is 16.6. The van der Waals surface area contributed by atoms with Crippen molar-refractivity contribution >= 4 is 27.5 Å². The van der Waals surface area contributed by atoms with Gasteiger partial charge in [-0.2, -0.15) is 0 Å². The zero-order chi connectivity index (χ0) is 31.6. The van der Waals surface area contributed by atoms with Gasteiger partial charge in [0.05, 0.1) is 19.1 Å². The summed E-state index contributed by atoms with van der Waals surface area (Å²) in [5.74, 6) is 0.214. The first kappa shape index (κ1) is 33.6. The molecule has 232 valence electrons. The van der Waals surface area contributed by atoms with Crippen LogP contribution in [0.15, 0.2) is 72.8 Å². The Bertz CT molecular complexity index is 1480. The fourth-order valence-corrected chi connectivity index (χ4v) is 5.97. The van der Waals surface area contributed by atoms with Gasteiger partial charge in [0.2, 0.25) is 21.8 Å². The van der Waals surface area contributed by atoms with Gasteiger partial charge in [-0.05, 0) is 74.1 Å². The standard InChI is InChI=1S/C34H45N3O5S/c1-7-26(3)35-34(39)32(23-28-15-9-8-10-16-28)36(24-29-17-12-18-30(22-29)42-5)33(38)20-13-21-37(43(6,40)41)31-19-11-14-25(2)27(31)4/h8-12,14-19,22,26,32H,7,13,20-21,23-24H2,1-6H3,(H,35,39)/t26-,32+/m0/s1. The molecule has 2 amide bonds. The molecule has 3 aromatic carbocycles. The van der Waals surface area contributed by atoms with Gasteiger partial charge in [-0.25, -0.2) is 8.42 Å². The Balaban J connectivity index is 1.93. The second-order valence-electron chi connectivity index (χ2n) is 11.1. The van der Waals surface area contributed by atoms with E-state index >= 15 is 0 Å². The number of hydrogen-bond acceptors (Lipinski definition) is 5. The Morgan fingerprint density at radius 1 is 0.953 bits per heavy atom. The van der Waals surface area contributed by atoms with Crippen LogP contribution in [0.4, 0.5) is 5.69 Å². The predicted octanol–water partition coefficient (Wildman–Crippen LogP) is 5.41. The highest BCUT2D eigenvalue weighted by molar-refractivity contribution is 7.92. The highest BCUT2D eigenvalue weighted by Gasteiger charge is 2.31. The summed E-state index contributed by atoms with van der Waals surface area (Å²) in [5.41, 5.74) is 4.24. The molecule has 2 atom stereocenters. The van der Waals surface area contributed by atoms with E-state index in [-0.39, 0.29) is 37.4 Å². The molecule has 3 rings (SSSR count). The molecule has 0 fully saturated rings. The van der Waals surface area contributed by atoms with Crippen LogP contribution in [0.3, 0.4) is 0 Å². The van der Waals surface area contributed by atoms with E-state index in [0.29, 0.717) is 24.3 Å². The van der Waals surface area contributed by atoms with Gasteiger partial charge in [-0.1, -0.05) is 61.5 Å². The van der Waals surface area contributed by atoms with Crippen molar-refractivity contribution in [2.75, 3.05) is 24.2 Å². The molecule has 0 saturated heterocycles. The number of rotatable bonds is 15. The van der Waals surface area contributed by atoms with Crippen LogP contribution >= 0.6 is 0 Å². The molecule has 3 aromatic rings. The fraction of sp³-hybridized carbons (Fsp3) is 0.412. The minimum absolute atomic E-state index is 0.0552. The van der Waals surface area contributed by atoms with E-state index in [4.69, 9.17) is 4.74 Å². The first-order chi connectivity index (χ1) is 20.4. The van der Waals surface area contributed by atoms with Crippen molar-refractivity contribution in [3.63, 3.8) is 0 Å². The average molecular weight is 608 g/mol. The van der Waals surface area contributed by atoms with Crippen LogP contribution in [0, 0.1) is 13.8 Å². The van der Waals surface area contributed by atoms with Gasteiger partial charge < -0.3 is 15.0 Å². The third-order valence-electron chi connectivity index (χ3n) is 7.76. The zero-order valence-electron chi connectivity index (χ0n) is 26.2. The summed E-state index contributed by atoms with van der Waals surface area (Å²) >= 11 is 0. The quantitative estimate of drug-likeness (QED) is 0.249. The summed E-state index contributed by atoms with van der Waals surface area (Å²) in [7, 11) is -2.00. The largest absolute Gasteiger partial charge is 0.497 e. The van der Waals surface area contributed by atoms with Gasteiger partial charge in [0.15, 0.2) is 0 Å². The van der Waals surface area contributed by atoms with Gasteiger partial charge in [0.25, 0.3) is 0 Å². The van der Waals surface area contributed by atoms with Crippen LogP contribution in [0.1, 0.15) is 55.4 Å². The molecular weight excluding hydrogens is 562 g/mol. The van der Waals surface area contributed by atoms with Gasteiger partial charge >= 0.3 is 0 Å². The fourth-order valence-electron chi connectivity index (χ4n) is 4.95. The maximum atomic E-state index is 14.0. The van der Waals surface area contributed by atoms with Crippen LogP contribution < -0.4 is 14.4 Å². The number of amides is 2. The van der Waals surface area contributed by atoms with Crippen LogP contribution in [0.25, 0.3) is 0 Å². The van der Waals surface area contributed by atoms with Crippen molar-refractivity contribution < 1.29 is 22.7 Å². The summed E-state index contributed by atoms with van der Waals surface area (Å²) < 4.78 is 32.4. The molecule has 0 saturated carbocycles. The lowest BCUT2D eigenvalue weighted by molar-refractivity contribution is -0.141. The Labute approximate surface area is 257 Å². The van der Waals surface area contributed by atoms with Crippen LogP contribution in [-0.2, 0) is 32.6 Å². The Morgan fingerprint density at radius 2 is 1.63 bits per heavy atom. The molecule has 0 spiro atoms. The van der Waals surface area contributed by atoms with E-state index in [2.05, 4.69) is 5.32 Å². The van der Waals surface area contributed by atoms with Gasteiger partial charge in [-0.3, -0.25) is 13.9 Å². The van der Waals surface area contributed by atoms with Crippen LogP contribution in [0.5, 0.6) is 5.75 Å². The summed E-state index contributed by atoms with van der Waals surface area (Å²) in [6.07, 6.45) is 2.65. The second kappa shape index (κ2) is 15.6. The van der Waals surface area contributed by atoms with Gasteiger partial charge in [0, 0.05) is 32.0 Å². The average Bonchev–Trinajstić information content (AvgIpc) is 2.98. The van der Waals surface area contributed by atoms with Crippen molar-refractivity contribution in [3.05, 3.63) is 95.1 Å². The normalized spacial score (nSPS) is 12.7. The van der Waals surface area contributed by atoms with Crippen molar-refractivity contribution in [2.45, 2.75) is 72.0 Å². The maximum absolute atomic E-state index is 14.0. The van der Waals surface area contributed by atoms with Crippen molar-refractivity contribution in [3.8, 4) is 5.75 Å². The van der Waals surface area contributed by atoms with Gasteiger partial charge in [0.1, 0.15) is 11.8 Å². The SMILES string of the molecule is CC[C@H](C)NC(=O)[C@@H](Cc1ccccc1)N(Cc1cccc(OC)c1)C(=O)CCCN(c1cccc(C)c1C)S(C)(=O)=O. The number of hydrogen-bond donors (Lipinski definition) is 1. The maximum Gasteiger partial charge on any atom is 0.243 e. The molecule has 0 bridgehead atoms. The second-order valence-corrected chi connectivity index (χ2v) is 13.0. The predicted molar refractivity (Wildman–Crippen MR) is 173 cm³/mol. The molecule has 9 heteroatoms. The molecule has 0 aliphatic rings. The lowest BCUT2D eigenvalue weighted by atomic mass is 10.0. The van der Waals surface area contributed by atoms with Crippen molar-refractivity contribution in [1.82, 2.24) is 10.2 Å². The van der Waals surface area contributed by atoms with Crippen LogP contribution in [0.2, 0.25) is 0 Å². The number of ether oxygens (including phenoxy) is 1. The Kier molecular flexibility index (Phi) is 12.2. The molecule has 43 heavy (non-hydrogen) atoms. The lowest BCUT2D eigenvalue weighted by Gasteiger charge is -2.33. The number of nitrogens with zero attached hydrogens (tertiary/aromatic N) is 2. The summed E-state index contributed by atoms with van der Waals surface area (Å²) in [6.45, 7) is 8.13. The smallest absolute Gasteiger partial charge is 0.243 e. The number of sulfonamides is 1. The number of benzene rings is 3. The van der Waals surface area contributed by atoms with E-state index in [0.717, 1.165) is 28.7 Å². The molecule has 0 aromatic heterocycles. The third kappa shape index (κ3) is 9.58. The van der Waals surface area contributed by atoms with E-state index < -0.39 is 16.1 Å². The number of methoxy groups -OCH3 is 1. The zero-order valence-corrected chi connectivity index (χ0v) is 27.0. The van der Waals surface area contributed by atoms with Crippen LogP contribution in [-0.4, -0.2) is 57.1 Å².